The summed E-state index contributed by atoms with van der Waals surface area (Å²) < 4.78 is 51.6. The molecule has 0 amide bonds. The monoisotopic (exact) mass is 581 g/mol. The number of nitrogens with one attached hydrogen (secondary N) is 1. The minimum absolute atomic E-state index is 0.0720. The summed E-state index contributed by atoms with van der Waals surface area (Å²) in [4.78, 5) is 16.3. The largest absolute Gasteiger partial charge is 0.464 e. The summed E-state index contributed by atoms with van der Waals surface area (Å²) in [7, 11) is -4.41. The fourth-order valence-electron chi connectivity index (χ4n) is 4.18. The van der Waals surface area contributed by atoms with Crippen LogP contribution in [0.4, 0.5) is 10.2 Å². The summed E-state index contributed by atoms with van der Waals surface area (Å²) in [5.41, 5.74) is 1.99. The first-order chi connectivity index (χ1) is 18.9. The molecule has 0 aliphatic carbocycles. The maximum absolute atomic E-state index is 14.6. The first-order valence-corrected chi connectivity index (χ1v) is 14.1. The summed E-state index contributed by atoms with van der Waals surface area (Å²) in [5, 5.41) is 29.3. The first-order valence-electron chi connectivity index (χ1n) is 12.6. The molecule has 0 saturated carbocycles. The Kier molecular flexibility index (Phi) is 8.78. The number of benzene rings is 1. The van der Waals surface area contributed by atoms with E-state index >= 15 is 0 Å². The van der Waals surface area contributed by atoms with Gasteiger partial charge in [-0.05, 0) is 37.1 Å². The Morgan fingerprint density at radius 1 is 1.30 bits per heavy atom. The summed E-state index contributed by atoms with van der Waals surface area (Å²) in [5.74, 6) is -0.368. The van der Waals surface area contributed by atoms with Crippen molar-refractivity contribution in [1.29, 1.82) is 0 Å². The number of nitrogens with two attached hydrogens (primary N) is 1. The minimum Gasteiger partial charge on any atom is -0.464 e. The second kappa shape index (κ2) is 11.8. The molecule has 4 rings (SSSR count). The molecule has 0 spiro atoms. The van der Waals surface area contributed by atoms with Crippen molar-refractivity contribution in [3.8, 4) is 5.75 Å². The van der Waals surface area contributed by atoms with Gasteiger partial charge in [0, 0.05) is 0 Å². The minimum atomic E-state index is -4.41. The third-order valence-electron chi connectivity index (χ3n) is 6.39. The summed E-state index contributed by atoms with van der Waals surface area (Å²) in [6, 6.07) is 9.84. The average Bonchev–Trinajstić information content (AvgIpc) is 3.48. The topological polar surface area (TPSA) is 180 Å². The number of rotatable bonds is 12. The van der Waals surface area contributed by atoms with Crippen LogP contribution in [0.5, 0.6) is 5.75 Å². The quantitative estimate of drug-likeness (QED) is 0.181. The normalized spacial score (nSPS) is 25.1. The van der Waals surface area contributed by atoms with Crippen LogP contribution >= 0.6 is 7.75 Å². The number of aliphatic hydroxyl groups excluding tert-OH is 1. The third kappa shape index (κ3) is 5.97. The van der Waals surface area contributed by atoms with E-state index in [1.165, 1.54) is 42.0 Å². The van der Waals surface area contributed by atoms with Gasteiger partial charge in [-0.25, -0.2) is 18.5 Å². The number of nitrogen functional groups attached to an aromatic ring is 1. The molecule has 1 aliphatic heterocycles. The standard InChI is InChI=1S/C25H33FN5O8P/c1-16(2)11-36-22(32)17(3)30-40(35,39-18-7-5-4-6-8-18)38-13-24(12-26)23(33)25(34,14-37-24)20-10-9-19-21(27)28-15-29-31(19)20/h4-10,15-17,23,33-34H,11-14H2,1-3H3,(H,30,35)(H2,27,28,29)/t17-,23+,24+,25-,40-/m0/s1. The van der Waals surface area contributed by atoms with Crippen LogP contribution in [0.3, 0.4) is 0 Å². The van der Waals surface area contributed by atoms with Crippen LogP contribution in [0.15, 0.2) is 48.8 Å². The Hall–Kier alpha value is -3.13. The lowest BCUT2D eigenvalue weighted by Gasteiger charge is -2.33. The highest BCUT2D eigenvalue weighted by Crippen LogP contribution is 2.48. The summed E-state index contributed by atoms with van der Waals surface area (Å²) in [6.45, 7) is 2.58. The van der Waals surface area contributed by atoms with Crippen LogP contribution in [-0.4, -0.2) is 75.0 Å². The zero-order valence-corrected chi connectivity index (χ0v) is 23.2. The molecule has 13 nitrogen and oxygen atoms in total. The van der Waals surface area contributed by atoms with E-state index in [1.54, 1.807) is 18.2 Å². The number of hydrogen-bond acceptors (Lipinski definition) is 11. The van der Waals surface area contributed by atoms with Gasteiger partial charge in [0.1, 0.15) is 42.0 Å². The number of ether oxygens (including phenoxy) is 2. The molecular weight excluding hydrogens is 548 g/mol. The van der Waals surface area contributed by atoms with E-state index in [0.717, 1.165) is 0 Å². The van der Waals surface area contributed by atoms with Crippen LogP contribution in [0, 0.1) is 5.92 Å². The number of aliphatic hydroxyl groups is 2. The fourth-order valence-corrected chi connectivity index (χ4v) is 5.73. The van der Waals surface area contributed by atoms with Crippen molar-refractivity contribution in [2.45, 2.75) is 44.1 Å². The van der Waals surface area contributed by atoms with Crippen LogP contribution in [0.25, 0.3) is 5.52 Å². The van der Waals surface area contributed by atoms with E-state index in [9.17, 15) is 24.0 Å². The lowest BCUT2D eigenvalue weighted by Crippen LogP contribution is -2.53. The zero-order chi connectivity index (χ0) is 29.1. The summed E-state index contributed by atoms with van der Waals surface area (Å²) in [6.07, 6.45) is -0.739. The summed E-state index contributed by atoms with van der Waals surface area (Å²) >= 11 is 0. The van der Waals surface area contributed by atoms with Gasteiger partial charge in [-0.3, -0.25) is 9.32 Å². The lowest BCUT2D eigenvalue weighted by atomic mass is 9.86. The van der Waals surface area contributed by atoms with Gasteiger partial charge < -0.3 is 29.9 Å². The van der Waals surface area contributed by atoms with Crippen molar-refractivity contribution in [3.05, 3.63) is 54.5 Å². The SMILES string of the molecule is CC(C)COC(=O)[C@H](C)N[P@](=O)(OC[C@@]1(CF)OC[C@](O)(c2ccc3c(N)ncnn23)[C@@H]1O)Oc1ccccc1. The number of halogens is 1. The van der Waals surface area contributed by atoms with Crippen molar-refractivity contribution >= 4 is 25.1 Å². The Morgan fingerprint density at radius 3 is 2.70 bits per heavy atom. The number of hydrogen-bond donors (Lipinski definition) is 4. The second-order valence-corrected chi connectivity index (χ2v) is 11.7. The highest BCUT2D eigenvalue weighted by atomic mass is 31.2. The number of carbonyl (C=O) groups is 1. The van der Waals surface area contributed by atoms with E-state index in [2.05, 4.69) is 15.2 Å². The Bertz CT molecular complexity index is 1380. The molecule has 1 aromatic carbocycles. The number of nitrogens with zero attached hydrogens (tertiary/aromatic N) is 3. The number of fused-ring (bicyclic) bond motifs is 1. The van der Waals surface area contributed by atoms with Crippen LogP contribution in [-0.2, 0) is 29.0 Å². The molecule has 218 valence electrons. The molecule has 3 heterocycles. The van der Waals surface area contributed by atoms with Gasteiger partial charge >= 0.3 is 13.7 Å². The van der Waals surface area contributed by atoms with Crippen LogP contribution in [0.2, 0.25) is 0 Å². The highest BCUT2D eigenvalue weighted by Gasteiger charge is 2.60. The highest BCUT2D eigenvalue weighted by molar-refractivity contribution is 7.52. The fraction of sp³-hybridized carbons (Fsp3) is 0.480. The number of alkyl halides is 1. The molecule has 0 unspecified atom stereocenters. The first kappa shape index (κ1) is 29.8. The third-order valence-corrected chi connectivity index (χ3v) is 8.02. The van der Waals surface area contributed by atoms with Gasteiger partial charge in [0.05, 0.1) is 25.5 Å². The molecule has 2 aromatic heterocycles. The molecule has 0 radical (unpaired) electrons. The van der Waals surface area contributed by atoms with Crippen molar-refractivity contribution in [1.82, 2.24) is 19.7 Å². The van der Waals surface area contributed by atoms with Crippen molar-refractivity contribution < 1.29 is 42.5 Å². The maximum Gasteiger partial charge on any atom is 0.459 e. The predicted molar refractivity (Wildman–Crippen MR) is 141 cm³/mol. The van der Waals surface area contributed by atoms with Crippen LogP contribution in [0.1, 0.15) is 26.5 Å². The molecule has 0 bridgehead atoms. The molecular formula is C25H33FN5O8P. The Morgan fingerprint density at radius 2 is 2.02 bits per heavy atom. The lowest BCUT2D eigenvalue weighted by molar-refractivity contribution is -0.146. The van der Waals surface area contributed by atoms with E-state index in [1.807, 2.05) is 13.8 Å². The number of anilines is 1. The molecule has 5 N–H and O–H groups in total. The van der Waals surface area contributed by atoms with E-state index in [0.29, 0.717) is 5.52 Å². The Labute approximate surface area is 230 Å². The molecule has 3 aromatic rings. The number of esters is 1. The zero-order valence-electron chi connectivity index (χ0n) is 22.3. The predicted octanol–water partition coefficient (Wildman–Crippen LogP) is 1.98. The van der Waals surface area contributed by atoms with Gasteiger partial charge in [-0.1, -0.05) is 32.0 Å². The molecule has 1 saturated heterocycles. The average molecular weight is 582 g/mol. The van der Waals surface area contributed by atoms with Gasteiger partial charge in [0.2, 0.25) is 0 Å². The number of aromatic nitrogens is 3. The van der Waals surface area contributed by atoms with Crippen molar-refractivity contribution in [3.63, 3.8) is 0 Å². The molecule has 5 atom stereocenters. The van der Waals surface area contributed by atoms with E-state index in [-0.39, 0.29) is 29.8 Å². The molecule has 1 aliphatic rings. The molecule has 1 fully saturated rings. The van der Waals surface area contributed by atoms with E-state index in [4.69, 9.17) is 24.3 Å². The smallest absolute Gasteiger partial charge is 0.459 e. The van der Waals surface area contributed by atoms with Crippen LogP contribution < -0.4 is 15.3 Å². The van der Waals surface area contributed by atoms with Gasteiger partial charge in [-0.15, -0.1) is 0 Å². The van der Waals surface area contributed by atoms with Gasteiger partial charge in [0.15, 0.2) is 11.4 Å². The Balaban J connectivity index is 1.57. The van der Waals surface area contributed by atoms with Gasteiger partial charge in [0.25, 0.3) is 0 Å². The number of carbonyl (C=O) groups excluding carboxylic acids is 1. The molecule has 40 heavy (non-hydrogen) atoms. The van der Waals surface area contributed by atoms with E-state index < -0.39 is 57.0 Å². The second-order valence-electron chi connectivity index (χ2n) is 10.0. The van der Waals surface area contributed by atoms with Crippen molar-refractivity contribution in [2.75, 3.05) is 32.2 Å². The van der Waals surface area contributed by atoms with Crippen molar-refractivity contribution in [2.24, 2.45) is 5.92 Å². The molecule has 15 heteroatoms. The maximum atomic E-state index is 14.6. The number of para-hydroxylation sites is 1. The van der Waals surface area contributed by atoms with Gasteiger partial charge in [-0.2, -0.15) is 10.2 Å².